The summed E-state index contributed by atoms with van der Waals surface area (Å²) in [5.74, 6) is 0.858. The van der Waals surface area contributed by atoms with Crippen molar-refractivity contribution in [3.8, 4) is 0 Å². The Bertz CT molecular complexity index is 535. The van der Waals surface area contributed by atoms with E-state index < -0.39 is 0 Å². The minimum absolute atomic E-state index is 0.0248. The first-order valence-corrected chi connectivity index (χ1v) is 6.84. The van der Waals surface area contributed by atoms with Crippen molar-refractivity contribution in [3.63, 3.8) is 0 Å². The van der Waals surface area contributed by atoms with Gasteiger partial charge in [-0.15, -0.1) is 0 Å². The number of amides is 1. The number of nitrogens with one attached hydrogen (secondary N) is 2. The summed E-state index contributed by atoms with van der Waals surface area (Å²) >= 11 is 0. The lowest BCUT2D eigenvalue weighted by Crippen LogP contribution is -2.27. The number of benzene rings is 1. The van der Waals surface area contributed by atoms with Crippen molar-refractivity contribution < 1.29 is 9.21 Å². The van der Waals surface area contributed by atoms with Crippen LogP contribution in [0.5, 0.6) is 0 Å². The number of rotatable bonds is 7. The monoisotopic (exact) mass is 272 g/mol. The van der Waals surface area contributed by atoms with Crippen LogP contribution in [0, 0.1) is 0 Å². The van der Waals surface area contributed by atoms with E-state index in [-0.39, 0.29) is 5.91 Å². The smallest absolute Gasteiger partial charge is 0.251 e. The van der Waals surface area contributed by atoms with E-state index in [4.69, 9.17) is 4.42 Å². The largest absolute Gasteiger partial charge is 0.469 e. The zero-order valence-electron chi connectivity index (χ0n) is 11.7. The Morgan fingerprint density at radius 1 is 1.10 bits per heavy atom. The Morgan fingerprint density at radius 3 is 2.70 bits per heavy atom. The van der Waals surface area contributed by atoms with Gasteiger partial charge in [-0.05, 0) is 43.8 Å². The molecule has 0 aliphatic rings. The van der Waals surface area contributed by atoms with Crippen LogP contribution in [-0.4, -0.2) is 26.0 Å². The van der Waals surface area contributed by atoms with Gasteiger partial charge in [0.2, 0.25) is 0 Å². The molecule has 0 bridgehead atoms. The molecule has 1 aromatic heterocycles. The van der Waals surface area contributed by atoms with E-state index in [0.29, 0.717) is 13.0 Å². The van der Waals surface area contributed by atoms with Gasteiger partial charge in [0.15, 0.2) is 0 Å². The average molecular weight is 272 g/mol. The van der Waals surface area contributed by atoms with E-state index in [1.54, 1.807) is 6.26 Å². The van der Waals surface area contributed by atoms with Crippen LogP contribution < -0.4 is 10.6 Å². The third-order valence-electron chi connectivity index (χ3n) is 3.14. The first kappa shape index (κ1) is 14.3. The highest BCUT2D eigenvalue weighted by molar-refractivity contribution is 5.95. The predicted molar refractivity (Wildman–Crippen MR) is 78.8 cm³/mol. The van der Waals surface area contributed by atoms with Gasteiger partial charge < -0.3 is 15.1 Å². The maximum atomic E-state index is 12.2. The number of hydrogen-bond donors (Lipinski definition) is 2. The van der Waals surface area contributed by atoms with E-state index in [1.807, 2.05) is 43.4 Å². The summed E-state index contributed by atoms with van der Waals surface area (Å²) in [4.78, 5) is 12.2. The lowest BCUT2D eigenvalue weighted by molar-refractivity contribution is 0.0953. The molecule has 0 unspecified atom stereocenters. The van der Waals surface area contributed by atoms with Crippen LogP contribution in [0.2, 0.25) is 0 Å². The van der Waals surface area contributed by atoms with Crippen molar-refractivity contribution in [1.82, 2.24) is 10.6 Å². The van der Waals surface area contributed by atoms with Crippen LogP contribution >= 0.6 is 0 Å². The van der Waals surface area contributed by atoms with Gasteiger partial charge in [-0.1, -0.05) is 18.2 Å². The molecule has 2 rings (SSSR count). The van der Waals surface area contributed by atoms with E-state index in [1.165, 1.54) is 0 Å². The lowest BCUT2D eigenvalue weighted by atomic mass is 10.0. The SMILES string of the molecule is CNCCc1ccccc1C(=O)NCCc1ccco1. The van der Waals surface area contributed by atoms with Crippen molar-refractivity contribution in [2.24, 2.45) is 0 Å². The number of likely N-dealkylation sites (N-methyl/N-ethyl adjacent to an activating group) is 1. The van der Waals surface area contributed by atoms with Crippen LogP contribution in [0.25, 0.3) is 0 Å². The summed E-state index contributed by atoms with van der Waals surface area (Å²) in [5.41, 5.74) is 1.82. The van der Waals surface area contributed by atoms with Crippen molar-refractivity contribution in [2.45, 2.75) is 12.8 Å². The van der Waals surface area contributed by atoms with Crippen LogP contribution in [0.4, 0.5) is 0 Å². The molecule has 2 N–H and O–H groups in total. The molecule has 0 atom stereocenters. The van der Waals surface area contributed by atoms with E-state index in [0.717, 1.165) is 29.9 Å². The average Bonchev–Trinajstić information content (AvgIpc) is 2.98. The van der Waals surface area contributed by atoms with Crippen molar-refractivity contribution in [1.29, 1.82) is 0 Å². The Morgan fingerprint density at radius 2 is 1.95 bits per heavy atom. The Kier molecular flexibility index (Phi) is 5.38. The maximum absolute atomic E-state index is 12.2. The second-order valence-corrected chi connectivity index (χ2v) is 4.60. The Labute approximate surface area is 119 Å². The van der Waals surface area contributed by atoms with E-state index in [9.17, 15) is 4.79 Å². The van der Waals surface area contributed by atoms with Gasteiger partial charge in [-0.2, -0.15) is 0 Å². The topological polar surface area (TPSA) is 54.3 Å². The highest BCUT2D eigenvalue weighted by atomic mass is 16.3. The first-order valence-electron chi connectivity index (χ1n) is 6.84. The number of carbonyl (C=O) groups excluding carboxylic acids is 1. The van der Waals surface area contributed by atoms with Gasteiger partial charge >= 0.3 is 0 Å². The van der Waals surface area contributed by atoms with Gasteiger partial charge in [0.1, 0.15) is 5.76 Å². The first-order chi connectivity index (χ1) is 9.81. The van der Waals surface area contributed by atoms with E-state index in [2.05, 4.69) is 10.6 Å². The molecule has 4 heteroatoms. The van der Waals surface area contributed by atoms with Crippen molar-refractivity contribution >= 4 is 5.91 Å². The molecule has 2 aromatic rings. The molecule has 0 spiro atoms. The molecule has 1 heterocycles. The molecular formula is C16H20N2O2. The van der Waals surface area contributed by atoms with Crippen molar-refractivity contribution in [3.05, 3.63) is 59.5 Å². The normalized spacial score (nSPS) is 10.4. The summed E-state index contributed by atoms with van der Waals surface area (Å²) in [6.45, 7) is 1.43. The fourth-order valence-corrected chi connectivity index (χ4v) is 2.07. The van der Waals surface area contributed by atoms with Gasteiger partial charge in [0, 0.05) is 18.5 Å². The zero-order valence-corrected chi connectivity index (χ0v) is 11.7. The minimum atomic E-state index is -0.0248. The third kappa shape index (κ3) is 3.96. The second kappa shape index (κ2) is 7.50. The molecule has 20 heavy (non-hydrogen) atoms. The minimum Gasteiger partial charge on any atom is -0.469 e. The fourth-order valence-electron chi connectivity index (χ4n) is 2.07. The number of carbonyl (C=O) groups is 1. The predicted octanol–water partition coefficient (Wildman–Crippen LogP) is 2.01. The molecule has 106 valence electrons. The molecular weight excluding hydrogens is 252 g/mol. The summed E-state index contributed by atoms with van der Waals surface area (Å²) in [7, 11) is 1.91. The lowest BCUT2D eigenvalue weighted by Gasteiger charge is -2.09. The van der Waals surface area contributed by atoms with Gasteiger partial charge in [0.05, 0.1) is 6.26 Å². The summed E-state index contributed by atoms with van der Waals surface area (Å²) in [6, 6.07) is 11.5. The summed E-state index contributed by atoms with van der Waals surface area (Å²) in [6.07, 6.45) is 3.19. The van der Waals surface area contributed by atoms with Crippen LogP contribution in [0.3, 0.4) is 0 Å². The Hall–Kier alpha value is -2.07. The Balaban J connectivity index is 1.91. The highest BCUT2D eigenvalue weighted by Crippen LogP contribution is 2.09. The molecule has 0 radical (unpaired) electrons. The molecule has 0 fully saturated rings. The third-order valence-corrected chi connectivity index (χ3v) is 3.14. The quantitative estimate of drug-likeness (QED) is 0.810. The molecule has 1 amide bonds. The van der Waals surface area contributed by atoms with Gasteiger partial charge in [-0.3, -0.25) is 4.79 Å². The molecule has 0 aliphatic heterocycles. The molecule has 0 aliphatic carbocycles. The van der Waals surface area contributed by atoms with Crippen LogP contribution in [0.15, 0.2) is 47.1 Å². The van der Waals surface area contributed by atoms with Crippen LogP contribution in [0.1, 0.15) is 21.7 Å². The zero-order chi connectivity index (χ0) is 14.2. The number of hydrogen-bond acceptors (Lipinski definition) is 3. The molecule has 1 aromatic carbocycles. The second-order valence-electron chi connectivity index (χ2n) is 4.60. The van der Waals surface area contributed by atoms with Gasteiger partial charge in [0.25, 0.3) is 5.91 Å². The van der Waals surface area contributed by atoms with E-state index >= 15 is 0 Å². The molecule has 0 saturated heterocycles. The summed E-state index contributed by atoms with van der Waals surface area (Å²) < 4.78 is 5.24. The van der Waals surface area contributed by atoms with Gasteiger partial charge in [-0.25, -0.2) is 0 Å². The van der Waals surface area contributed by atoms with Crippen molar-refractivity contribution in [2.75, 3.05) is 20.1 Å². The van der Waals surface area contributed by atoms with Crippen LogP contribution in [-0.2, 0) is 12.8 Å². The fraction of sp³-hybridized carbons (Fsp3) is 0.312. The molecule has 0 saturated carbocycles. The highest BCUT2D eigenvalue weighted by Gasteiger charge is 2.10. The summed E-state index contributed by atoms with van der Waals surface area (Å²) in [5, 5.41) is 6.03. The standard InChI is InChI=1S/C16H20N2O2/c1-17-10-8-13-5-2-3-7-15(13)16(19)18-11-9-14-6-4-12-20-14/h2-7,12,17H,8-11H2,1H3,(H,18,19). The molecule has 4 nitrogen and oxygen atoms in total. The maximum Gasteiger partial charge on any atom is 0.251 e. The number of furan rings is 1.